The lowest BCUT2D eigenvalue weighted by atomic mass is 10.0. The number of hydrogen-bond donors (Lipinski definition) is 2. The summed E-state index contributed by atoms with van der Waals surface area (Å²) in [6.07, 6.45) is 3.55. The van der Waals surface area contributed by atoms with E-state index in [9.17, 15) is 9.59 Å². The second-order valence-corrected chi connectivity index (χ2v) is 4.24. The quantitative estimate of drug-likeness (QED) is 0.327. The van der Waals surface area contributed by atoms with Crippen molar-refractivity contribution >= 4 is 18.2 Å². The van der Waals surface area contributed by atoms with Gasteiger partial charge in [0, 0.05) is 12.6 Å². The highest BCUT2D eigenvalue weighted by molar-refractivity contribution is 5.82. The third-order valence-corrected chi connectivity index (χ3v) is 2.83. The van der Waals surface area contributed by atoms with E-state index in [4.69, 9.17) is 14.7 Å². The number of ether oxygens (including phenoxy) is 2. The Labute approximate surface area is 122 Å². The molecule has 0 saturated carbocycles. The van der Waals surface area contributed by atoms with Crippen molar-refractivity contribution in [2.75, 3.05) is 13.2 Å². The summed E-state index contributed by atoms with van der Waals surface area (Å²) in [5.74, 6) is -0.658. The molecule has 0 unspecified atom stereocenters. The number of carbonyl (C=O) groups excluding carboxylic acids is 2. The minimum absolute atomic E-state index is 0.0990. The molecule has 1 rings (SSSR count). The van der Waals surface area contributed by atoms with Gasteiger partial charge in [0.15, 0.2) is 0 Å². The molecule has 0 saturated heterocycles. The van der Waals surface area contributed by atoms with E-state index in [1.807, 2.05) is 0 Å². The molecule has 1 aromatic heterocycles. The summed E-state index contributed by atoms with van der Waals surface area (Å²) in [6, 6.07) is 0. The summed E-state index contributed by atoms with van der Waals surface area (Å²) in [7, 11) is 0. The summed E-state index contributed by atoms with van der Waals surface area (Å²) in [4.78, 5) is 25.9. The first kappa shape index (κ1) is 16.7. The molecule has 0 aliphatic heterocycles. The summed E-state index contributed by atoms with van der Waals surface area (Å²) in [5.41, 5.74) is 2.02. The number of esters is 2. The molecule has 1 aromatic rings. The monoisotopic (exact) mass is 296 g/mol. The molecule has 0 amide bonds. The first-order valence-electron chi connectivity index (χ1n) is 6.80. The summed E-state index contributed by atoms with van der Waals surface area (Å²) in [5, 5.41) is 11.6. The molecule has 0 fully saturated rings. The van der Waals surface area contributed by atoms with Gasteiger partial charge < -0.3 is 19.7 Å². The summed E-state index contributed by atoms with van der Waals surface area (Å²) < 4.78 is 9.78. The molecule has 0 atom stereocenters. The fourth-order valence-electron chi connectivity index (χ4n) is 1.97. The van der Waals surface area contributed by atoms with Crippen LogP contribution in [-0.2, 0) is 31.9 Å². The van der Waals surface area contributed by atoms with Crippen molar-refractivity contribution in [2.45, 2.75) is 33.1 Å². The lowest BCUT2D eigenvalue weighted by Crippen LogP contribution is -2.10. The Morgan fingerprint density at radius 3 is 2.57 bits per heavy atom. The van der Waals surface area contributed by atoms with E-state index in [2.05, 4.69) is 10.1 Å². The predicted octanol–water partition coefficient (Wildman–Crippen LogP) is 1.42. The molecule has 7 nitrogen and oxygen atoms in total. The van der Waals surface area contributed by atoms with Gasteiger partial charge in [-0.15, -0.1) is 0 Å². The van der Waals surface area contributed by atoms with Crippen LogP contribution >= 0.6 is 0 Å². The highest BCUT2D eigenvalue weighted by atomic mass is 16.5. The Bertz CT molecular complexity index is 507. The number of nitrogens with one attached hydrogen (secondary N) is 1. The zero-order valence-corrected chi connectivity index (χ0v) is 12.2. The van der Waals surface area contributed by atoms with Crippen molar-refractivity contribution < 1.29 is 24.3 Å². The molecule has 0 aromatic carbocycles. The highest BCUT2D eigenvalue weighted by Gasteiger charge is 2.15. The van der Waals surface area contributed by atoms with Gasteiger partial charge in [-0.05, 0) is 31.4 Å². The summed E-state index contributed by atoms with van der Waals surface area (Å²) >= 11 is 0. The van der Waals surface area contributed by atoms with Crippen LogP contribution in [0.1, 0.15) is 37.1 Å². The van der Waals surface area contributed by atoms with Crippen molar-refractivity contribution in [1.29, 1.82) is 0 Å². The van der Waals surface area contributed by atoms with Gasteiger partial charge in [0.25, 0.3) is 0 Å². The molecule has 0 bridgehead atoms. The van der Waals surface area contributed by atoms with Crippen molar-refractivity contribution in [3.05, 3.63) is 23.0 Å². The van der Waals surface area contributed by atoms with Crippen LogP contribution < -0.4 is 0 Å². The van der Waals surface area contributed by atoms with Gasteiger partial charge in [-0.3, -0.25) is 9.59 Å². The van der Waals surface area contributed by atoms with E-state index in [-0.39, 0.29) is 24.8 Å². The SMILES string of the molecule is CCOC(=O)CCc1c(CC(=O)OCC)c[nH]c1/C=N/O. The van der Waals surface area contributed by atoms with Crippen LogP contribution in [0.25, 0.3) is 0 Å². The third kappa shape index (κ3) is 5.29. The molecule has 1 heterocycles. The van der Waals surface area contributed by atoms with Gasteiger partial charge >= 0.3 is 11.9 Å². The average molecular weight is 296 g/mol. The van der Waals surface area contributed by atoms with E-state index >= 15 is 0 Å². The lowest BCUT2D eigenvalue weighted by molar-refractivity contribution is -0.143. The fourth-order valence-corrected chi connectivity index (χ4v) is 1.97. The van der Waals surface area contributed by atoms with E-state index in [0.717, 1.165) is 5.56 Å². The second-order valence-electron chi connectivity index (χ2n) is 4.24. The van der Waals surface area contributed by atoms with Crippen LogP contribution in [0.2, 0.25) is 0 Å². The first-order valence-corrected chi connectivity index (χ1v) is 6.80. The maximum Gasteiger partial charge on any atom is 0.310 e. The molecule has 0 spiro atoms. The number of aromatic nitrogens is 1. The van der Waals surface area contributed by atoms with E-state index in [1.165, 1.54) is 6.21 Å². The number of aromatic amines is 1. The number of hydrogen-bond acceptors (Lipinski definition) is 6. The van der Waals surface area contributed by atoms with E-state index in [1.54, 1.807) is 20.0 Å². The molecule has 0 aliphatic rings. The number of rotatable bonds is 8. The minimum atomic E-state index is -0.346. The van der Waals surface area contributed by atoms with Crippen molar-refractivity contribution in [1.82, 2.24) is 4.98 Å². The Kier molecular flexibility index (Phi) is 7.00. The molecule has 0 aliphatic carbocycles. The van der Waals surface area contributed by atoms with Gasteiger partial charge in [0.2, 0.25) is 0 Å². The van der Waals surface area contributed by atoms with Gasteiger partial charge in [-0.25, -0.2) is 0 Å². The number of H-pyrrole nitrogens is 1. The van der Waals surface area contributed by atoms with E-state index < -0.39 is 0 Å². The van der Waals surface area contributed by atoms with E-state index in [0.29, 0.717) is 30.9 Å². The molecule has 116 valence electrons. The van der Waals surface area contributed by atoms with Gasteiger partial charge in [0.05, 0.1) is 31.5 Å². The minimum Gasteiger partial charge on any atom is -0.466 e. The lowest BCUT2D eigenvalue weighted by Gasteiger charge is -2.06. The highest BCUT2D eigenvalue weighted by Crippen LogP contribution is 2.17. The van der Waals surface area contributed by atoms with Gasteiger partial charge in [0.1, 0.15) is 0 Å². The number of nitrogens with zero attached hydrogens (tertiary/aromatic N) is 1. The molecule has 21 heavy (non-hydrogen) atoms. The van der Waals surface area contributed by atoms with Crippen LogP contribution in [0.5, 0.6) is 0 Å². The fraction of sp³-hybridized carbons (Fsp3) is 0.500. The molecule has 0 radical (unpaired) electrons. The van der Waals surface area contributed by atoms with Gasteiger partial charge in [-0.2, -0.15) is 0 Å². The smallest absolute Gasteiger partial charge is 0.310 e. The predicted molar refractivity (Wildman–Crippen MR) is 75.5 cm³/mol. The zero-order chi connectivity index (χ0) is 15.7. The largest absolute Gasteiger partial charge is 0.466 e. The maximum atomic E-state index is 11.6. The Morgan fingerprint density at radius 2 is 1.95 bits per heavy atom. The first-order chi connectivity index (χ1) is 10.1. The van der Waals surface area contributed by atoms with Crippen molar-refractivity contribution in [3.63, 3.8) is 0 Å². The molecule has 7 heteroatoms. The normalized spacial score (nSPS) is 10.8. The van der Waals surface area contributed by atoms with Crippen LogP contribution in [-0.4, -0.2) is 41.6 Å². The van der Waals surface area contributed by atoms with Gasteiger partial charge in [-0.1, -0.05) is 5.16 Å². The Morgan fingerprint density at radius 1 is 1.29 bits per heavy atom. The summed E-state index contributed by atoms with van der Waals surface area (Å²) in [6.45, 7) is 4.11. The maximum absolute atomic E-state index is 11.6. The Balaban J connectivity index is 2.83. The van der Waals surface area contributed by atoms with Crippen LogP contribution in [0.15, 0.2) is 11.4 Å². The second kappa shape index (κ2) is 8.78. The Hall–Kier alpha value is -2.31. The van der Waals surface area contributed by atoms with Crippen LogP contribution in [0.4, 0.5) is 0 Å². The molecule has 2 N–H and O–H groups in total. The number of carbonyl (C=O) groups is 2. The van der Waals surface area contributed by atoms with Crippen LogP contribution in [0, 0.1) is 0 Å². The third-order valence-electron chi connectivity index (χ3n) is 2.83. The topological polar surface area (TPSA) is 101 Å². The number of oxime groups is 1. The van der Waals surface area contributed by atoms with Crippen LogP contribution in [0.3, 0.4) is 0 Å². The van der Waals surface area contributed by atoms with Crippen molar-refractivity contribution in [3.8, 4) is 0 Å². The average Bonchev–Trinajstić information content (AvgIpc) is 2.80. The molecular formula is C14H20N2O5. The standard InChI is InChI=1S/C14H20N2O5/c1-3-20-13(17)6-5-11-10(7-14(18)21-4-2)8-15-12(11)9-16-19/h8-9,15,19H,3-7H2,1-2H3/b16-9+. The zero-order valence-electron chi connectivity index (χ0n) is 12.2. The van der Waals surface area contributed by atoms with Crippen molar-refractivity contribution in [2.24, 2.45) is 5.16 Å². The molecular weight excluding hydrogens is 276 g/mol.